The first-order valence-corrected chi connectivity index (χ1v) is 9.21. The van der Waals surface area contributed by atoms with Crippen LogP contribution in [0.5, 0.6) is 0 Å². The molecule has 0 amide bonds. The average molecular weight is 466 g/mol. The molecule has 0 aromatic carbocycles. The molecule has 1 atom stereocenters. The molecule has 0 aliphatic carbocycles. The zero-order valence-corrected chi connectivity index (χ0v) is 18.3. The maximum absolute atomic E-state index is 6.22. The van der Waals surface area contributed by atoms with Crippen molar-refractivity contribution in [2.45, 2.75) is 26.3 Å². The van der Waals surface area contributed by atoms with Crippen molar-refractivity contribution >= 4 is 46.4 Å². The highest BCUT2D eigenvalue weighted by molar-refractivity contribution is 14.0. The van der Waals surface area contributed by atoms with E-state index in [0.717, 1.165) is 44.3 Å². The van der Waals surface area contributed by atoms with Crippen LogP contribution in [-0.4, -0.2) is 73.6 Å². The third-order valence-electron chi connectivity index (χ3n) is 4.23. The highest BCUT2D eigenvalue weighted by atomic mass is 127. The van der Waals surface area contributed by atoms with Crippen molar-refractivity contribution in [3.05, 3.63) is 11.6 Å². The van der Waals surface area contributed by atoms with E-state index >= 15 is 0 Å². The van der Waals surface area contributed by atoms with Gasteiger partial charge in [0.05, 0.1) is 6.54 Å². The van der Waals surface area contributed by atoms with Gasteiger partial charge in [0.1, 0.15) is 0 Å². The minimum Gasteiger partial charge on any atom is -0.370 e. The number of aliphatic imine (C=N–C) groups is 1. The Morgan fingerprint density at radius 1 is 1.33 bits per heavy atom. The monoisotopic (exact) mass is 466 g/mol. The number of nitrogens with zero attached hydrogens (tertiary/aromatic N) is 5. The lowest BCUT2D eigenvalue weighted by atomic mass is 10.0. The van der Waals surface area contributed by atoms with Gasteiger partial charge in [-0.3, -0.25) is 4.99 Å². The minimum absolute atomic E-state index is 0. The van der Waals surface area contributed by atoms with E-state index in [2.05, 4.69) is 52.6 Å². The van der Waals surface area contributed by atoms with Crippen LogP contribution in [0.1, 0.15) is 20.3 Å². The highest BCUT2D eigenvalue weighted by Gasteiger charge is 2.20. The van der Waals surface area contributed by atoms with Gasteiger partial charge < -0.3 is 20.4 Å². The topological polar surface area (TPSA) is 61.0 Å². The molecule has 0 spiro atoms. The molecule has 2 heterocycles. The molecule has 0 radical (unpaired) electrons. The summed E-state index contributed by atoms with van der Waals surface area (Å²) in [5.74, 6) is 1.35. The van der Waals surface area contributed by atoms with E-state index in [0.29, 0.717) is 17.9 Å². The van der Waals surface area contributed by atoms with Crippen LogP contribution < -0.4 is 10.6 Å². The molecule has 0 bridgehead atoms. The molecule has 1 saturated heterocycles. The van der Waals surface area contributed by atoms with Crippen LogP contribution in [0.3, 0.4) is 0 Å². The number of halogens is 1. The molecular weight excluding hydrogens is 435 g/mol. The number of likely N-dealkylation sites (N-methyl/N-ethyl adjacent to an activating group) is 1. The summed E-state index contributed by atoms with van der Waals surface area (Å²) >= 11 is 1.69. The maximum atomic E-state index is 6.22. The lowest BCUT2D eigenvalue weighted by Gasteiger charge is -2.35. The number of hydrogen-bond donors (Lipinski definition) is 1. The van der Waals surface area contributed by atoms with Gasteiger partial charge in [0.2, 0.25) is 0 Å². The second kappa shape index (κ2) is 10.4. The molecule has 6 nitrogen and oxygen atoms in total. The van der Waals surface area contributed by atoms with Crippen molar-refractivity contribution in [2.24, 2.45) is 16.6 Å². The fourth-order valence-electron chi connectivity index (χ4n) is 2.79. The van der Waals surface area contributed by atoms with Gasteiger partial charge >= 0.3 is 0 Å². The van der Waals surface area contributed by atoms with E-state index in [1.54, 1.807) is 11.3 Å². The van der Waals surface area contributed by atoms with Crippen molar-refractivity contribution in [1.29, 1.82) is 0 Å². The highest BCUT2D eigenvalue weighted by Crippen LogP contribution is 2.18. The SMILES string of the molecule is CC(C)CC(CN=C(N)N1CCN(c2nccs2)CC1)N(C)C.I. The zero-order chi connectivity index (χ0) is 16.8. The standard InChI is InChI=1S/C16H30N6S.HI/c1-13(2)11-14(20(3)4)12-19-15(17)21-6-8-22(9-7-21)16-18-5-10-23-16;/h5,10,13-14H,6-9,11-12H2,1-4H3,(H2,17,19);1H. The predicted molar refractivity (Wildman–Crippen MR) is 115 cm³/mol. The van der Waals surface area contributed by atoms with Gasteiger partial charge in [-0.2, -0.15) is 0 Å². The van der Waals surface area contributed by atoms with Crippen LogP contribution in [0, 0.1) is 5.92 Å². The van der Waals surface area contributed by atoms with Crippen molar-refractivity contribution in [2.75, 3.05) is 51.7 Å². The normalized spacial score (nSPS) is 17.3. The summed E-state index contributed by atoms with van der Waals surface area (Å²) in [5.41, 5.74) is 6.22. The van der Waals surface area contributed by atoms with Crippen LogP contribution in [0.15, 0.2) is 16.6 Å². The van der Waals surface area contributed by atoms with Gasteiger partial charge in [0, 0.05) is 43.8 Å². The predicted octanol–water partition coefficient (Wildman–Crippen LogP) is 2.17. The van der Waals surface area contributed by atoms with Crippen molar-refractivity contribution < 1.29 is 0 Å². The largest absolute Gasteiger partial charge is 0.370 e. The molecule has 1 aromatic rings. The van der Waals surface area contributed by atoms with E-state index in [4.69, 9.17) is 5.73 Å². The Labute approximate surface area is 167 Å². The lowest BCUT2D eigenvalue weighted by Crippen LogP contribution is -2.51. The number of rotatable bonds is 6. The number of guanidine groups is 1. The van der Waals surface area contributed by atoms with Gasteiger partial charge in [-0.05, 0) is 26.4 Å². The summed E-state index contributed by atoms with van der Waals surface area (Å²) in [7, 11) is 4.23. The molecule has 1 fully saturated rings. The first kappa shape index (κ1) is 21.4. The fraction of sp³-hybridized carbons (Fsp3) is 0.750. The number of hydrogen-bond acceptors (Lipinski definition) is 5. The van der Waals surface area contributed by atoms with Gasteiger partial charge in [0.25, 0.3) is 0 Å². The quantitative estimate of drug-likeness (QED) is 0.396. The second-order valence-electron chi connectivity index (χ2n) is 6.73. The Morgan fingerprint density at radius 2 is 2.00 bits per heavy atom. The first-order valence-electron chi connectivity index (χ1n) is 8.33. The van der Waals surface area contributed by atoms with Crippen molar-refractivity contribution in [1.82, 2.24) is 14.8 Å². The Kier molecular flexibility index (Phi) is 9.28. The third-order valence-corrected chi connectivity index (χ3v) is 5.06. The molecule has 2 N–H and O–H groups in total. The summed E-state index contributed by atoms with van der Waals surface area (Å²) in [5, 5.41) is 3.12. The van der Waals surface area contributed by atoms with Gasteiger partial charge in [-0.1, -0.05) is 13.8 Å². The molecule has 24 heavy (non-hydrogen) atoms. The Balaban J connectivity index is 0.00000288. The van der Waals surface area contributed by atoms with Gasteiger partial charge in [-0.25, -0.2) is 4.98 Å². The van der Waals surface area contributed by atoms with Crippen LogP contribution in [0.25, 0.3) is 0 Å². The first-order chi connectivity index (χ1) is 11.0. The smallest absolute Gasteiger partial charge is 0.191 e. The molecular formula is C16H31IN6S. The minimum atomic E-state index is 0. The van der Waals surface area contributed by atoms with Gasteiger partial charge in [-0.15, -0.1) is 35.3 Å². The van der Waals surface area contributed by atoms with Crippen LogP contribution >= 0.6 is 35.3 Å². The number of thiazole rings is 1. The van der Waals surface area contributed by atoms with Crippen LogP contribution in [0.2, 0.25) is 0 Å². The number of anilines is 1. The molecule has 1 unspecified atom stereocenters. The van der Waals surface area contributed by atoms with E-state index in [1.165, 1.54) is 0 Å². The summed E-state index contributed by atoms with van der Waals surface area (Å²) < 4.78 is 0. The number of aromatic nitrogens is 1. The van der Waals surface area contributed by atoms with E-state index in [1.807, 2.05) is 11.6 Å². The zero-order valence-electron chi connectivity index (χ0n) is 15.2. The molecule has 1 aliphatic heterocycles. The van der Waals surface area contributed by atoms with E-state index < -0.39 is 0 Å². The van der Waals surface area contributed by atoms with Crippen LogP contribution in [-0.2, 0) is 0 Å². The second-order valence-corrected chi connectivity index (χ2v) is 7.61. The van der Waals surface area contributed by atoms with Crippen molar-refractivity contribution in [3.63, 3.8) is 0 Å². The van der Waals surface area contributed by atoms with E-state index in [-0.39, 0.29) is 24.0 Å². The molecule has 0 saturated carbocycles. The average Bonchev–Trinajstić information content (AvgIpc) is 3.05. The van der Waals surface area contributed by atoms with E-state index in [9.17, 15) is 0 Å². The maximum Gasteiger partial charge on any atom is 0.191 e. The Bertz CT molecular complexity index is 483. The summed E-state index contributed by atoms with van der Waals surface area (Å²) in [6, 6.07) is 0.449. The van der Waals surface area contributed by atoms with Crippen molar-refractivity contribution in [3.8, 4) is 0 Å². The summed E-state index contributed by atoms with van der Waals surface area (Å²) in [6.45, 7) is 8.99. The molecule has 1 aliphatic rings. The Hall–Kier alpha value is -0.610. The number of piperazine rings is 1. The van der Waals surface area contributed by atoms with Gasteiger partial charge in [0.15, 0.2) is 11.1 Å². The summed E-state index contributed by atoms with van der Waals surface area (Å²) in [6.07, 6.45) is 3.00. The number of nitrogens with two attached hydrogens (primary N) is 1. The molecule has 8 heteroatoms. The third kappa shape index (κ3) is 6.36. The summed E-state index contributed by atoms with van der Waals surface area (Å²) in [4.78, 5) is 15.8. The Morgan fingerprint density at radius 3 is 2.50 bits per heavy atom. The lowest BCUT2D eigenvalue weighted by molar-refractivity contribution is 0.260. The molecule has 2 rings (SSSR count). The van der Waals surface area contributed by atoms with Crippen LogP contribution in [0.4, 0.5) is 5.13 Å². The molecule has 1 aromatic heterocycles. The fourth-order valence-corrected chi connectivity index (χ4v) is 3.49. The molecule has 138 valence electrons.